The Kier molecular flexibility index (Phi) is 4.07. The largest absolute Gasteiger partial charge is 0.370 e. The molecule has 1 heterocycles. The SMILES string of the molecule is CCCNc1cc(-c2ccc(C(N)=O)cc2)ncn1. The summed E-state index contributed by atoms with van der Waals surface area (Å²) in [4.78, 5) is 19.4. The van der Waals surface area contributed by atoms with E-state index in [4.69, 9.17) is 5.73 Å². The number of primary amides is 1. The first-order chi connectivity index (χ1) is 9.20. The Labute approximate surface area is 111 Å². The molecule has 1 aromatic carbocycles. The topological polar surface area (TPSA) is 80.9 Å². The van der Waals surface area contributed by atoms with Crippen LogP contribution in [0.5, 0.6) is 0 Å². The number of nitrogens with two attached hydrogens (primary N) is 1. The summed E-state index contributed by atoms with van der Waals surface area (Å²) in [7, 11) is 0. The van der Waals surface area contributed by atoms with Gasteiger partial charge in [0.15, 0.2) is 0 Å². The molecule has 1 aromatic heterocycles. The molecule has 0 aliphatic carbocycles. The zero-order valence-electron chi connectivity index (χ0n) is 10.8. The first-order valence-corrected chi connectivity index (χ1v) is 6.17. The molecule has 3 N–H and O–H groups in total. The van der Waals surface area contributed by atoms with Crippen LogP contribution in [0.15, 0.2) is 36.7 Å². The average Bonchev–Trinajstić information content (AvgIpc) is 2.45. The van der Waals surface area contributed by atoms with Gasteiger partial charge in [-0.05, 0) is 18.6 Å². The Bertz CT molecular complexity index is 566. The lowest BCUT2D eigenvalue weighted by molar-refractivity contribution is 0.100. The molecule has 0 saturated carbocycles. The number of anilines is 1. The van der Waals surface area contributed by atoms with E-state index in [0.717, 1.165) is 30.0 Å². The molecule has 5 heteroatoms. The summed E-state index contributed by atoms with van der Waals surface area (Å²) in [5, 5.41) is 3.21. The van der Waals surface area contributed by atoms with E-state index < -0.39 is 5.91 Å². The van der Waals surface area contributed by atoms with Gasteiger partial charge >= 0.3 is 0 Å². The minimum absolute atomic E-state index is 0.431. The maximum absolute atomic E-state index is 11.0. The van der Waals surface area contributed by atoms with Crippen molar-refractivity contribution in [2.45, 2.75) is 13.3 Å². The van der Waals surface area contributed by atoms with Crippen LogP contribution in [0.1, 0.15) is 23.7 Å². The minimum Gasteiger partial charge on any atom is -0.370 e. The molecular weight excluding hydrogens is 240 g/mol. The van der Waals surface area contributed by atoms with Crippen molar-refractivity contribution in [1.29, 1.82) is 0 Å². The van der Waals surface area contributed by atoms with Gasteiger partial charge in [0.1, 0.15) is 12.1 Å². The van der Waals surface area contributed by atoms with Crippen LogP contribution in [0.25, 0.3) is 11.3 Å². The molecule has 19 heavy (non-hydrogen) atoms. The van der Waals surface area contributed by atoms with Crippen LogP contribution in [0.3, 0.4) is 0 Å². The molecule has 0 fully saturated rings. The highest BCUT2D eigenvalue weighted by Gasteiger charge is 2.04. The highest BCUT2D eigenvalue weighted by atomic mass is 16.1. The van der Waals surface area contributed by atoms with E-state index in [1.165, 1.54) is 6.33 Å². The molecule has 2 aromatic rings. The molecule has 1 amide bonds. The maximum Gasteiger partial charge on any atom is 0.248 e. The molecule has 0 bridgehead atoms. The van der Waals surface area contributed by atoms with Crippen LogP contribution >= 0.6 is 0 Å². The molecule has 2 rings (SSSR count). The van der Waals surface area contributed by atoms with Gasteiger partial charge in [-0.15, -0.1) is 0 Å². The van der Waals surface area contributed by atoms with Crippen molar-refractivity contribution < 1.29 is 4.79 Å². The number of amides is 1. The third-order valence-corrected chi connectivity index (χ3v) is 2.69. The van der Waals surface area contributed by atoms with E-state index in [1.54, 1.807) is 12.1 Å². The first kappa shape index (κ1) is 13.0. The molecule has 0 aliphatic heterocycles. The summed E-state index contributed by atoms with van der Waals surface area (Å²) < 4.78 is 0. The molecule has 0 atom stereocenters. The molecule has 0 saturated heterocycles. The monoisotopic (exact) mass is 256 g/mol. The molecule has 5 nitrogen and oxygen atoms in total. The number of hydrogen-bond acceptors (Lipinski definition) is 4. The normalized spacial score (nSPS) is 10.2. The van der Waals surface area contributed by atoms with Crippen molar-refractivity contribution in [3.8, 4) is 11.3 Å². The van der Waals surface area contributed by atoms with Crippen LogP contribution < -0.4 is 11.1 Å². The van der Waals surface area contributed by atoms with E-state index in [1.807, 2.05) is 18.2 Å². The fraction of sp³-hybridized carbons (Fsp3) is 0.214. The van der Waals surface area contributed by atoms with Gasteiger partial charge in [-0.25, -0.2) is 9.97 Å². The zero-order chi connectivity index (χ0) is 13.7. The number of carbonyl (C=O) groups excluding carboxylic acids is 1. The van der Waals surface area contributed by atoms with Crippen molar-refractivity contribution in [1.82, 2.24) is 9.97 Å². The summed E-state index contributed by atoms with van der Waals surface area (Å²) in [6.07, 6.45) is 2.56. The zero-order valence-corrected chi connectivity index (χ0v) is 10.8. The van der Waals surface area contributed by atoms with Gasteiger partial charge in [0.25, 0.3) is 0 Å². The van der Waals surface area contributed by atoms with Crippen LogP contribution in [-0.4, -0.2) is 22.4 Å². The third kappa shape index (κ3) is 3.28. The standard InChI is InChI=1S/C14H16N4O/c1-2-7-16-13-8-12(17-9-18-13)10-3-5-11(6-4-10)14(15)19/h3-6,8-9H,2,7H2,1H3,(H2,15,19)(H,16,17,18). The lowest BCUT2D eigenvalue weighted by Gasteiger charge is -2.06. The van der Waals surface area contributed by atoms with Gasteiger partial charge in [-0.1, -0.05) is 19.1 Å². The lowest BCUT2D eigenvalue weighted by atomic mass is 10.1. The Hall–Kier alpha value is -2.43. The van der Waals surface area contributed by atoms with Crippen LogP contribution in [0.4, 0.5) is 5.82 Å². The summed E-state index contributed by atoms with van der Waals surface area (Å²) in [6.45, 7) is 2.97. The van der Waals surface area contributed by atoms with Crippen molar-refractivity contribution in [3.05, 3.63) is 42.2 Å². The van der Waals surface area contributed by atoms with Gasteiger partial charge < -0.3 is 11.1 Å². The third-order valence-electron chi connectivity index (χ3n) is 2.69. The Morgan fingerprint density at radius 3 is 2.63 bits per heavy atom. The second kappa shape index (κ2) is 5.95. The first-order valence-electron chi connectivity index (χ1n) is 6.17. The maximum atomic E-state index is 11.0. The van der Waals surface area contributed by atoms with E-state index in [0.29, 0.717) is 5.56 Å². The Balaban J connectivity index is 2.23. The van der Waals surface area contributed by atoms with Gasteiger partial charge in [-0.3, -0.25) is 4.79 Å². The number of hydrogen-bond donors (Lipinski definition) is 2. The number of benzene rings is 1. The average molecular weight is 256 g/mol. The van der Waals surface area contributed by atoms with Gasteiger partial charge in [-0.2, -0.15) is 0 Å². The van der Waals surface area contributed by atoms with Crippen LogP contribution in [0, 0.1) is 0 Å². The highest BCUT2D eigenvalue weighted by molar-refractivity contribution is 5.93. The van der Waals surface area contributed by atoms with E-state index >= 15 is 0 Å². The van der Waals surface area contributed by atoms with Crippen LogP contribution in [-0.2, 0) is 0 Å². The summed E-state index contributed by atoms with van der Waals surface area (Å²) in [5.74, 6) is 0.366. The quantitative estimate of drug-likeness (QED) is 0.858. The number of aromatic nitrogens is 2. The van der Waals surface area contributed by atoms with E-state index in [9.17, 15) is 4.79 Å². The smallest absolute Gasteiger partial charge is 0.248 e. The van der Waals surface area contributed by atoms with Gasteiger partial charge in [0.2, 0.25) is 5.91 Å². The van der Waals surface area contributed by atoms with Gasteiger partial charge in [0, 0.05) is 23.7 Å². The number of carbonyl (C=O) groups is 1. The highest BCUT2D eigenvalue weighted by Crippen LogP contribution is 2.19. The Morgan fingerprint density at radius 2 is 2.00 bits per heavy atom. The van der Waals surface area contributed by atoms with Crippen molar-refractivity contribution in [2.75, 3.05) is 11.9 Å². The summed E-state index contributed by atoms with van der Waals surface area (Å²) >= 11 is 0. The molecule has 0 radical (unpaired) electrons. The predicted octanol–water partition coefficient (Wildman–Crippen LogP) is 2.06. The summed E-state index contributed by atoms with van der Waals surface area (Å²) in [5.41, 5.74) is 7.43. The number of rotatable bonds is 5. The fourth-order valence-corrected chi connectivity index (χ4v) is 1.67. The van der Waals surface area contributed by atoms with Gasteiger partial charge in [0.05, 0.1) is 5.69 Å². The molecule has 98 valence electrons. The molecule has 0 unspecified atom stereocenters. The van der Waals surface area contributed by atoms with Crippen molar-refractivity contribution in [3.63, 3.8) is 0 Å². The van der Waals surface area contributed by atoms with Crippen molar-refractivity contribution in [2.24, 2.45) is 5.73 Å². The predicted molar refractivity (Wildman–Crippen MR) is 74.8 cm³/mol. The molecule has 0 aliphatic rings. The Morgan fingerprint density at radius 1 is 1.26 bits per heavy atom. The number of nitrogens with one attached hydrogen (secondary N) is 1. The van der Waals surface area contributed by atoms with Crippen molar-refractivity contribution >= 4 is 11.7 Å². The van der Waals surface area contributed by atoms with E-state index in [2.05, 4.69) is 22.2 Å². The number of nitrogens with zero attached hydrogens (tertiary/aromatic N) is 2. The molecule has 0 spiro atoms. The summed E-state index contributed by atoms with van der Waals surface area (Å²) in [6, 6.07) is 8.92. The fourth-order valence-electron chi connectivity index (χ4n) is 1.67. The second-order valence-electron chi connectivity index (χ2n) is 4.16. The van der Waals surface area contributed by atoms with E-state index in [-0.39, 0.29) is 0 Å². The second-order valence-corrected chi connectivity index (χ2v) is 4.16. The lowest BCUT2D eigenvalue weighted by Crippen LogP contribution is -2.10. The van der Waals surface area contributed by atoms with Crippen LogP contribution in [0.2, 0.25) is 0 Å². The molecular formula is C14H16N4O. The minimum atomic E-state index is -0.431.